The first-order chi connectivity index (χ1) is 11.2. The van der Waals surface area contributed by atoms with Gasteiger partial charge in [-0.25, -0.2) is 0 Å². The summed E-state index contributed by atoms with van der Waals surface area (Å²) in [5.74, 6) is 0.0288. The minimum Gasteiger partial charge on any atom is -0.370 e. The fraction of sp³-hybridized carbons (Fsp3) is 0.444. The van der Waals surface area contributed by atoms with E-state index >= 15 is 0 Å². The molecular weight excluding hydrogens is 290 g/mol. The van der Waals surface area contributed by atoms with E-state index in [9.17, 15) is 4.79 Å². The molecule has 2 atom stereocenters. The number of fused-ring (bicyclic) bond motifs is 1. The number of aryl methyl sites for hydroxylation is 1. The van der Waals surface area contributed by atoms with Gasteiger partial charge in [-0.3, -0.25) is 9.89 Å². The molecular formula is C18H21N3O2. The molecule has 0 unspecified atom stereocenters. The number of hydrogen-bond acceptors (Lipinski definition) is 3. The van der Waals surface area contributed by atoms with Gasteiger partial charge in [-0.1, -0.05) is 30.3 Å². The number of benzene rings is 1. The van der Waals surface area contributed by atoms with Crippen LogP contribution in [0.15, 0.2) is 30.3 Å². The van der Waals surface area contributed by atoms with Crippen LogP contribution in [0.2, 0.25) is 0 Å². The second-order valence-electron chi connectivity index (χ2n) is 6.42. The zero-order valence-corrected chi connectivity index (χ0v) is 13.3. The fourth-order valence-corrected chi connectivity index (χ4v) is 3.54. The molecule has 5 heteroatoms. The van der Waals surface area contributed by atoms with Crippen LogP contribution in [-0.4, -0.2) is 40.2 Å². The monoisotopic (exact) mass is 311 g/mol. The Balaban J connectivity index is 1.58. The fourth-order valence-electron chi connectivity index (χ4n) is 3.54. The minimum absolute atomic E-state index is 0.0288. The van der Waals surface area contributed by atoms with Crippen LogP contribution < -0.4 is 0 Å². The Morgan fingerprint density at radius 2 is 2.13 bits per heavy atom. The molecule has 23 heavy (non-hydrogen) atoms. The predicted molar refractivity (Wildman–Crippen MR) is 86.2 cm³/mol. The molecule has 5 nitrogen and oxygen atoms in total. The molecule has 1 aliphatic carbocycles. The Bertz CT molecular complexity index is 710. The Morgan fingerprint density at radius 3 is 2.96 bits per heavy atom. The molecule has 1 amide bonds. The van der Waals surface area contributed by atoms with Crippen molar-refractivity contribution >= 4 is 5.91 Å². The molecule has 0 spiro atoms. The maximum Gasteiger partial charge on any atom is 0.275 e. The van der Waals surface area contributed by atoms with Crippen LogP contribution >= 0.6 is 0 Å². The number of nitrogens with zero attached hydrogens (tertiary/aromatic N) is 2. The summed E-state index contributed by atoms with van der Waals surface area (Å²) in [6.07, 6.45) is 2.99. The number of rotatable bonds is 2. The third-order valence-corrected chi connectivity index (χ3v) is 4.87. The van der Waals surface area contributed by atoms with Crippen molar-refractivity contribution in [1.82, 2.24) is 15.1 Å². The smallest absolute Gasteiger partial charge is 0.275 e. The summed E-state index contributed by atoms with van der Waals surface area (Å²) in [4.78, 5) is 14.9. The Kier molecular flexibility index (Phi) is 3.65. The van der Waals surface area contributed by atoms with E-state index < -0.39 is 0 Å². The lowest BCUT2D eigenvalue weighted by atomic mass is 10.0. The molecule has 2 aromatic rings. The topological polar surface area (TPSA) is 58.2 Å². The molecule has 1 saturated heterocycles. The first-order valence-corrected chi connectivity index (χ1v) is 8.27. The normalized spacial score (nSPS) is 23.8. The highest BCUT2D eigenvalue weighted by Gasteiger charge is 2.34. The number of ether oxygens (including phenoxy) is 1. The zero-order chi connectivity index (χ0) is 15.8. The van der Waals surface area contributed by atoms with Crippen molar-refractivity contribution in [3.05, 3.63) is 52.8 Å². The van der Waals surface area contributed by atoms with Gasteiger partial charge in [0.25, 0.3) is 5.91 Å². The molecule has 2 heterocycles. The van der Waals surface area contributed by atoms with Crippen molar-refractivity contribution < 1.29 is 9.53 Å². The van der Waals surface area contributed by atoms with Gasteiger partial charge in [-0.2, -0.15) is 5.10 Å². The summed E-state index contributed by atoms with van der Waals surface area (Å²) in [5.41, 5.74) is 3.97. The van der Waals surface area contributed by atoms with Gasteiger partial charge in [0.2, 0.25) is 0 Å². The average molecular weight is 311 g/mol. The van der Waals surface area contributed by atoms with Gasteiger partial charge in [-0.05, 0) is 31.7 Å². The van der Waals surface area contributed by atoms with Gasteiger partial charge < -0.3 is 9.64 Å². The van der Waals surface area contributed by atoms with Gasteiger partial charge in [0.05, 0.1) is 19.2 Å². The number of aromatic nitrogens is 2. The molecule has 0 radical (unpaired) electrons. The Morgan fingerprint density at radius 1 is 1.30 bits per heavy atom. The van der Waals surface area contributed by atoms with Crippen molar-refractivity contribution in [2.45, 2.75) is 38.3 Å². The van der Waals surface area contributed by atoms with Crippen molar-refractivity contribution in [2.24, 2.45) is 0 Å². The third-order valence-electron chi connectivity index (χ3n) is 4.87. The number of H-pyrrole nitrogens is 1. The van der Waals surface area contributed by atoms with E-state index in [1.165, 1.54) is 0 Å². The van der Waals surface area contributed by atoms with E-state index in [1.807, 2.05) is 30.0 Å². The van der Waals surface area contributed by atoms with Crippen LogP contribution in [0, 0.1) is 0 Å². The van der Waals surface area contributed by atoms with Crippen LogP contribution in [0.3, 0.4) is 0 Å². The van der Waals surface area contributed by atoms with E-state index in [1.54, 1.807) is 0 Å². The zero-order valence-electron chi connectivity index (χ0n) is 13.3. The maximum atomic E-state index is 13.0. The first-order valence-electron chi connectivity index (χ1n) is 8.27. The molecule has 1 aliphatic heterocycles. The molecule has 1 fully saturated rings. The number of hydrogen-bond donors (Lipinski definition) is 1. The highest BCUT2D eigenvalue weighted by Crippen LogP contribution is 2.28. The van der Waals surface area contributed by atoms with Crippen LogP contribution in [0.1, 0.15) is 46.8 Å². The standard InChI is InChI=1S/C18H21N3O2/c1-12-11-23-16(13-6-3-2-4-7-13)10-21(12)18(22)17-14-8-5-9-15(14)19-20-17/h2-4,6-7,12,16H,5,8-11H2,1H3,(H,19,20)/t12-,16-/m0/s1. The van der Waals surface area contributed by atoms with Gasteiger partial charge >= 0.3 is 0 Å². The van der Waals surface area contributed by atoms with E-state index in [0.717, 1.165) is 36.1 Å². The number of carbonyl (C=O) groups is 1. The summed E-state index contributed by atoms with van der Waals surface area (Å²) in [7, 11) is 0. The SMILES string of the molecule is C[C@H]1CO[C@H](c2ccccc2)CN1C(=O)c1n[nH]c2c1CCC2. The van der Waals surface area contributed by atoms with Gasteiger partial charge in [0, 0.05) is 11.3 Å². The molecule has 1 aromatic carbocycles. The molecule has 2 aliphatic rings. The largest absolute Gasteiger partial charge is 0.370 e. The second-order valence-corrected chi connectivity index (χ2v) is 6.42. The van der Waals surface area contributed by atoms with Crippen LogP contribution in [0.5, 0.6) is 0 Å². The lowest BCUT2D eigenvalue weighted by Crippen LogP contribution is -2.48. The van der Waals surface area contributed by atoms with Gasteiger partial charge in [0.15, 0.2) is 5.69 Å². The third kappa shape index (κ3) is 2.55. The van der Waals surface area contributed by atoms with E-state index in [2.05, 4.69) is 22.3 Å². The number of nitrogens with one attached hydrogen (secondary N) is 1. The number of morpholine rings is 1. The van der Waals surface area contributed by atoms with E-state index in [0.29, 0.717) is 18.8 Å². The summed E-state index contributed by atoms with van der Waals surface area (Å²) in [6, 6.07) is 10.2. The number of aromatic amines is 1. The lowest BCUT2D eigenvalue weighted by molar-refractivity contribution is -0.0488. The molecule has 1 N–H and O–H groups in total. The van der Waals surface area contributed by atoms with Crippen molar-refractivity contribution in [3.63, 3.8) is 0 Å². The predicted octanol–water partition coefficient (Wildman–Crippen LogP) is 2.50. The van der Waals surface area contributed by atoms with Gasteiger partial charge in [0.1, 0.15) is 6.10 Å². The van der Waals surface area contributed by atoms with Crippen LogP contribution in [0.25, 0.3) is 0 Å². The quantitative estimate of drug-likeness (QED) is 0.927. The minimum atomic E-state index is -0.0664. The summed E-state index contributed by atoms with van der Waals surface area (Å²) in [6.45, 7) is 3.16. The van der Waals surface area contributed by atoms with Crippen molar-refractivity contribution in [3.8, 4) is 0 Å². The molecule has 1 aromatic heterocycles. The Hall–Kier alpha value is -2.14. The van der Waals surface area contributed by atoms with Crippen molar-refractivity contribution in [2.75, 3.05) is 13.2 Å². The molecule has 4 rings (SSSR count). The van der Waals surface area contributed by atoms with E-state index in [4.69, 9.17) is 4.74 Å². The number of carbonyl (C=O) groups excluding carboxylic acids is 1. The summed E-state index contributed by atoms with van der Waals surface area (Å²) in [5, 5.41) is 7.32. The van der Waals surface area contributed by atoms with Gasteiger partial charge in [-0.15, -0.1) is 0 Å². The lowest BCUT2D eigenvalue weighted by Gasteiger charge is -2.38. The molecule has 120 valence electrons. The first kappa shape index (κ1) is 14.5. The summed E-state index contributed by atoms with van der Waals surface area (Å²) < 4.78 is 5.94. The maximum absolute atomic E-state index is 13.0. The highest BCUT2D eigenvalue weighted by molar-refractivity contribution is 5.94. The van der Waals surface area contributed by atoms with Crippen LogP contribution in [0.4, 0.5) is 0 Å². The second kappa shape index (κ2) is 5.81. The molecule has 0 bridgehead atoms. The average Bonchev–Trinajstić information content (AvgIpc) is 3.19. The molecule has 0 saturated carbocycles. The highest BCUT2D eigenvalue weighted by atomic mass is 16.5. The van der Waals surface area contributed by atoms with Crippen molar-refractivity contribution in [1.29, 1.82) is 0 Å². The van der Waals surface area contributed by atoms with Crippen LogP contribution in [-0.2, 0) is 17.6 Å². The summed E-state index contributed by atoms with van der Waals surface area (Å²) >= 11 is 0. The number of amides is 1. The Labute approximate surface area is 135 Å². The van der Waals surface area contributed by atoms with E-state index in [-0.39, 0.29) is 18.1 Å².